The highest BCUT2D eigenvalue weighted by Crippen LogP contribution is 2.28. The quantitative estimate of drug-likeness (QED) is 0.705. The van der Waals surface area contributed by atoms with Gasteiger partial charge >= 0.3 is 0 Å². The zero-order valence-corrected chi connectivity index (χ0v) is 17.0. The molecule has 10 nitrogen and oxygen atoms in total. The molecule has 1 atom stereocenters. The fourth-order valence-corrected chi connectivity index (χ4v) is 3.21. The summed E-state index contributed by atoms with van der Waals surface area (Å²) in [6, 6.07) is 5.56. The standard InChI is InChI=1S/C20H21N7O3/c1-10-11(2)22-19(27-20(10,29)17-21-8-7-16(28)25-17)26-18-23-12(3)14-6-5-13(30-4)9-15(14)24-18/h5-6,8-9,29H,7H2,1-4H3,(H2,22,23,24,26,27). The van der Waals surface area contributed by atoms with Crippen LogP contribution in [-0.2, 0) is 4.79 Å². The Kier molecular flexibility index (Phi) is 4.78. The van der Waals surface area contributed by atoms with Crippen molar-refractivity contribution in [1.29, 1.82) is 0 Å². The molecule has 2 aliphatic rings. The number of hydrogen-bond donors (Lipinski definition) is 3. The van der Waals surface area contributed by atoms with Gasteiger partial charge in [0.2, 0.25) is 17.6 Å². The average molecular weight is 407 g/mol. The molecule has 30 heavy (non-hydrogen) atoms. The number of amides is 1. The minimum atomic E-state index is -1.88. The predicted octanol–water partition coefficient (Wildman–Crippen LogP) is 1.70. The molecule has 10 heteroatoms. The first-order chi connectivity index (χ1) is 14.3. The second kappa shape index (κ2) is 7.30. The predicted molar refractivity (Wildman–Crippen MR) is 114 cm³/mol. The highest BCUT2D eigenvalue weighted by atomic mass is 16.5. The summed E-state index contributed by atoms with van der Waals surface area (Å²) in [5.74, 6) is 0.722. The molecular formula is C20H21N7O3. The van der Waals surface area contributed by atoms with Crippen molar-refractivity contribution in [2.24, 2.45) is 15.0 Å². The number of nitrogens with one attached hydrogen (secondary N) is 2. The van der Waals surface area contributed by atoms with Crippen molar-refractivity contribution in [3.05, 3.63) is 35.2 Å². The number of allylic oxidation sites excluding steroid dienone is 1. The molecule has 1 aromatic heterocycles. The first-order valence-electron chi connectivity index (χ1n) is 9.31. The molecule has 2 aromatic rings. The summed E-state index contributed by atoms with van der Waals surface area (Å²) >= 11 is 0. The molecule has 3 heterocycles. The van der Waals surface area contributed by atoms with Crippen LogP contribution in [0.1, 0.15) is 26.0 Å². The van der Waals surface area contributed by atoms with Crippen LogP contribution in [0.3, 0.4) is 0 Å². The number of anilines is 1. The van der Waals surface area contributed by atoms with Gasteiger partial charge in [0.1, 0.15) is 5.75 Å². The van der Waals surface area contributed by atoms with Crippen molar-refractivity contribution < 1.29 is 14.6 Å². The zero-order chi connectivity index (χ0) is 21.5. The van der Waals surface area contributed by atoms with Crippen LogP contribution < -0.4 is 15.4 Å². The average Bonchev–Trinajstić information content (AvgIpc) is 2.71. The van der Waals surface area contributed by atoms with Crippen molar-refractivity contribution in [2.75, 3.05) is 12.4 Å². The highest BCUT2D eigenvalue weighted by Gasteiger charge is 2.41. The van der Waals surface area contributed by atoms with Crippen LogP contribution in [0.4, 0.5) is 5.95 Å². The number of aliphatic hydroxyl groups is 1. The van der Waals surface area contributed by atoms with E-state index in [1.807, 2.05) is 25.1 Å². The number of fused-ring (bicyclic) bond motifs is 1. The summed E-state index contributed by atoms with van der Waals surface area (Å²) in [5, 5.41) is 18.2. The molecule has 4 rings (SSSR count). The van der Waals surface area contributed by atoms with E-state index in [0.717, 1.165) is 11.1 Å². The van der Waals surface area contributed by atoms with Gasteiger partial charge in [0.25, 0.3) is 5.91 Å². The molecule has 1 amide bonds. The van der Waals surface area contributed by atoms with Gasteiger partial charge in [-0.25, -0.2) is 20.0 Å². The van der Waals surface area contributed by atoms with Crippen LogP contribution in [0.2, 0.25) is 0 Å². The maximum absolute atomic E-state index is 11.7. The number of guanidine groups is 1. The van der Waals surface area contributed by atoms with Gasteiger partial charge in [-0.15, -0.1) is 0 Å². The molecule has 0 bridgehead atoms. The summed E-state index contributed by atoms with van der Waals surface area (Å²) in [7, 11) is 1.59. The maximum Gasteiger partial charge on any atom is 0.252 e. The number of amidine groups is 1. The molecule has 0 spiro atoms. The van der Waals surface area contributed by atoms with E-state index in [0.29, 0.717) is 28.5 Å². The summed E-state index contributed by atoms with van der Waals surface area (Å²) in [4.78, 5) is 33.0. The zero-order valence-electron chi connectivity index (χ0n) is 17.0. The fraction of sp³-hybridized carbons (Fsp3) is 0.300. The minimum Gasteiger partial charge on any atom is -0.497 e. The highest BCUT2D eigenvalue weighted by molar-refractivity contribution is 6.12. The number of carbonyl (C=O) groups is 1. The molecular weight excluding hydrogens is 386 g/mol. The van der Waals surface area contributed by atoms with Gasteiger partial charge in [-0.05, 0) is 32.9 Å². The molecule has 0 radical (unpaired) electrons. The number of hydrogen-bond acceptors (Lipinski definition) is 9. The SMILES string of the molecule is COc1ccc2c(C)nc(NC3=NC(O)(C4=NC(=O)CC=N4)C(C)=C(C)N3)nc2c1. The molecule has 1 unspecified atom stereocenters. The van der Waals surface area contributed by atoms with Crippen LogP contribution in [0.15, 0.2) is 44.4 Å². The Morgan fingerprint density at radius 3 is 2.77 bits per heavy atom. The number of aromatic nitrogens is 2. The van der Waals surface area contributed by atoms with Gasteiger partial charge in [0.05, 0.1) is 24.7 Å². The van der Waals surface area contributed by atoms with E-state index in [-0.39, 0.29) is 24.1 Å². The summed E-state index contributed by atoms with van der Waals surface area (Å²) < 4.78 is 5.27. The molecule has 154 valence electrons. The summed E-state index contributed by atoms with van der Waals surface area (Å²) in [6.07, 6.45) is 1.52. The Balaban J connectivity index is 1.72. The van der Waals surface area contributed by atoms with Crippen LogP contribution in [0, 0.1) is 6.92 Å². The smallest absolute Gasteiger partial charge is 0.252 e. The Labute approximate surface area is 172 Å². The van der Waals surface area contributed by atoms with Crippen LogP contribution in [-0.4, -0.2) is 51.8 Å². The van der Waals surface area contributed by atoms with Crippen LogP contribution >= 0.6 is 0 Å². The lowest BCUT2D eigenvalue weighted by atomic mass is 10.00. The number of rotatable bonds is 3. The van der Waals surface area contributed by atoms with E-state index < -0.39 is 5.72 Å². The lowest BCUT2D eigenvalue weighted by Crippen LogP contribution is -2.48. The van der Waals surface area contributed by atoms with Crippen LogP contribution in [0.25, 0.3) is 10.9 Å². The lowest BCUT2D eigenvalue weighted by Gasteiger charge is -2.31. The Hall–Kier alpha value is -3.66. The third-order valence-electron chi connectivity index (χ3n) is 5.01. The second-order valence-corrected chi connectivity index (χ2v) is 6.99. The molecule has 0 aliphatic carbocycles. The van der Waals surface area contributed by atoms with E-state index in [2.05, 4.69) is 35.6 Å². The number of benzene rings is 1. The number of aliphatic imine (C=N–C) groups is 3. The van der Waals surface area contributed by atoms with E-state index in [1.54, 1.807) is 21.0 Å². The number of nitrogens with zero attached hydrogens (tertiary/aromatic N) is 5. The summed E-state index contributed by atoms with van der Waals surface area (Å²) in [5.41, 5.74) is 0.724. The van der Waals surface area contributed by atoms with Gasteiger partial charge in [-0.2, -0.15) is 4.99 Å². The third-order valence-corrected chi connectivity index (χ3v) is 5.01. The third kappa shape index (κ3) is 3.41. The van der Waals surface area contributed by atoms with Gasteiger partial charge in [0.15, 0.2) is 5.84 Å². The maximum atomic E-state index is 11.7. The normalized spacial score (nSPS) is 21.3. The van der Waals surface area contributed by atoms with Gasteiger partial charge < -0.3 is 15.2 Å². The van der Waals surface area contributed by atoms with Crippen molar-refractivity contribution in [2.45, 2.75) is 32.9 Å². The first-order valence-corrected chi connectivity index (χ1v) is 9.31. The molecule has 0 fully saturated rings. The molecule has 2 aliphatic heterocycles. The van der Waals surface area contributed by atoms with Crippen molar-refractivity contribution >= 4 is 40.8 Å². The minimum absolute atomic E-state index is 0.0725. The molecule has 0 saturated heterocycles. The molecule has 3 N–H and O–H groups in total. The van der Waals surface area contributed by atoms with E-state index in [4.69, 9.17) is 4.74 Å². The largest absolute Gasteiger partial charge is 0.497 e. The van der Waals surface area contributed by atoms with Crippen molar-refractivity contribution in [3.63, 3.8) is 0 Å². The summed E-state index contributed by atoms with van der Waals surface area (Å²) in [6.45, 7) is 5.35. The molecule has 0 saturated carbocycles. The van der Waals surface area contributed by atoms with Crippen molar-refractivity contribution in [1.82, 2.24) is 15.3 Å². The Morgan fingerprint density at radius 2 is 2.03 bits per heavy atom. The van der Waals surface area contributed by atoms with E-state index in [1.165, 1.54) is 6.21 Å². The number of methoxy groups -OCH3 is 1. The first kappa shape index (κ1) is 19.6. The van der Waals surface area contributed by atoms with Crippen LogP contribution in [0.5, 0.6) is 5.75 Å². The number of aryl methyl sites for hydroxylation is 1. The molecule has 1 aromatic carbocycles. The van der Waals surface area contributed by atoms with Crippen molar-refractivity contribution in [3.8, 4) is 5.75 Å². The fourth-order valence-electron chi connectivity index (χ4n) is 3.21. The lowest BCUT2D eigenvalue weighted by molar-refractivity contribution is -0.116. The van der Waals surface area contributed by atoms with Gasteiger partial charge in [0, 0.05) is 28.9 Å². The van der Waals surface area contributed by atoms with Gasteiger partial charge in [-0.1, -0.05) is 0 Å². The van der Waals surface area contributed by atoms with E-state index in [9.17, 15) is 9.90 Å². The van der Waals surface area contributed by atoms with E-state index >= 15 is 0 Å². The second-order valence-electron chi connectivity index (χ2n) is 6.99. The number of carbonyl (C=O) groups excluding carboxylic acids is 1. The monoisotopic (exact) mass is 407 g/mol. The Morgan fingerprint density at radius 1 is 1.23 bits per heavy atom. The van der Waals surface area contributed by atoms with Gasteiger partial charge in [-0.3, -0.25) is 10.1 Å². The number of ether oxygens (including phenoxy) is 1. The Bertz CT molecular complexity index is 1180. The topological polar surface area (TPSA) is 133 Å².